The largest absolute Gasteiger partial charge is 0.478 e. The first-order chi connectivity index (χ1) is 9.61. The Bertz CT molecular complexity index is 667. The lowest BCUT2D eigenvalue weighted by Gasteiger charge is -2.11. The Morgan fingerprint density at radius 1 is 1.20 bits per heavy atom. The summed E-state index contributed by atoms with van der Waals surface area (Å²) in [6, 6.07) is 12.0. The first-order valence-electron chi connectivity index (χ1n) is 5.89. The van der Waals surface area contributed by atoms with E-state index >= 15 is 0 Å². The summed E-state index contributed by atoms with van der Waals surface area (Å²) < 4.78 is 0. The SMILES string of the molecule is Cc1ccc(Nc2c(N=C=O)cccc2C(=O)O)cc1. The second-order valence-corrected chi connectivity index (χ2v) is 4.20. The fourth-order valence-corrected chi connectivity index (χ4v) is 1.77. The summed E-state index contributed by atoms with van der Waals surface area (Å²) in [6.45, 7) is 1.96. The van der Waals surface area contributed by atoms with E-state index < -0.39 is 5.97 Å². The summed E-state index contributed by atoms with van der Waals surface area (Å²) in [5, 5.41) is 12.2. The molecule has 0 aliphatic rings. The van der Waals surface area contributed by atoms with Gasteiger partial charge in [-0.15, -0.1) is 0 Å². The first-order valence-corrected chi connectivity index (χ1v) is 5.89. The van der Waals surface area contributed by atoms with Gasteiger partial charge in [-0.3, -0.25) is 0 Å². The zero-order chi connectivity index (χ0) is 14.5. The number of para-hydroxylation sites is 1. The van der Waals surface area contributed by atoms with Crippen molar-refractivity contribution < 1.29 is 14.7 Å². The number of hydrogen-bond donors (Lipinski definition) is 2. The number of anilines is 2. The topological polar surface area (TPSA) is 78.8 Å². The molecule has 0 atom stereocenters. The predicted octanol–water partition coefficient (Wildman–Crippen LogP) is 3.40. The molecule has 0 aromatic heterocycles. The molecule has 2 aromatic carbocycles. The molecule has 0 spiro atoms. The number of carbonyl (C=O) groups is 1. The zero-order valence-corrected chi connectivity index (χ0v) is 10.8. The molecule has 5 heteroatoms. The van der Waals surface area contributed by atoms with E-state index in [1.54, 1.807) is 6.07 Å². The van der Waals surface area contributed by atoms with Gasteiger partial charge < -0.3 is 10.4 Å². The predicted molar refractivity (Wildman–Crippen MR) is 75.6 cm³/mol. The van der Waals surface area contributed by atoms with E-state index in [2.05, 4.69) is 10.3 Å². The third-order valence-corrected chi connectivity index (χ3v) is 2.76. The van der Waals surface area contributed by atoms with Crippen molar-refractivity contribution in [3.8, 4) is 0 Å². The summed E-state index contributed by atoms with van der Waals surface area (Å²) in [7, 11) is 0. The van der Waals surface area contributed by atoms with E-state index in [9.17, 15) is 14.7 Å². The number of nitrogens with zero attached hydrogens (tertiary/aromatic N) is 1. The number of aliphatic imine (C=N–C) groups is 1. The minimum absolute atomic E-state index is 0.0436. The van der Waals surface area contributed by atoms with E-state index in [1.165, 1.54) is 18.2 Å². The molecule has 20 heavy (non-hydrogen) atoms. The van der Waals surface area contributed by atoms with Crippen molar-refractivity contribution in [2.45, 2.75) is 6.92 Å². The third kappa shape index (κ3) is 2.91. The number of rotatable bonds is 4. The molecular weight excluding hydrogens is 256 g/mol. The maximum Gasteiger partial charge on any atom is 0.337 e. The number of carboxylic acids is 1. The van der Waals surface area contributed by atoms with Gasteiger partial charge in [0.2, 0.25) is 6.08 Å². The van der Waals surface area contributed by atoms with Crippen molar-refractivity contribution in [1.29, 1.82) is 0 Å². The van der Waals surface area contributed by atoms with Gasteiger partial charge in [-0.2, -0.15) is 4.99 Å². The zero-order valence-electron chi connectivity index (χ0n) is 10.8. The summed E-state index contributed by atoms with van der Waals surface area (Å²) in [5.74, 6) is -1.09. The minimum atomic E-state index is -1.09. The van der Waals surface area contributed by atoms with Crippen molar-refractivity contribution in [3.63, 3.8) is 0 Å². The van der Waals surface area contributed by atoms with Crippen LogP contribution in [0, 0.1) is 6.92 Å². The van der Waals surface area contributed by atoms with Gasteiger partial charge in [0, 0.05) is 5.69 Å². The average Bonchev–Trinajstić information content (AvgIpc) is 2.43. The second kappa shape index (κ2) is 5.82. The number of hydrogen-bond acceptors (Lipinski definition) is 4. The number of carbonyl (C=O) groups excluding carboxylic acids is 1. The normalized spacial score (nSPS) is 9.65. The van der Waals surface area contributed by atoms with Gasteiger partial charge in [0.15, 0.2) is 0 Å². The van der Waals surface area contributed by atoms with Crippen LogP contribution in [-0.4, -0.2) is 17.2 Å². The fraction of sp³-hybridized carbons (Fsp3) is 0.0667. The molecule has 5 nitrogen and oxygen atoms in total. The molecule has 0 unspecified atom stereocenters. The Morgan fingerprint density at radius 3 is 2.50 bits per heavy atom. The summed E-state index contributed by atoms with van der Waals surface area (Å²) >= 11 is 0. The highest BCUT2D eigenvalue weighted by Crippen LogP contribution is 2.31. The Morgan fingerprint density at radius 2 is 1.90 bits per heavy atom. The van der Waals surface area contributed by atoms with Crippen LogP contribution in [0.2, 0.25) is 0 Å². The Kier molecular flexibility index (Phi) is 3.93. The van der Waals surface area contributed by atoms with Gasteiger partial charge in [0.25, 0.3) is 0 Å². The van der Waals surface area contributed by atoms with Gasteiger partial charge in [-0.1, -0.05) is 23.8 Å². The third-order valence-electron chi connectivity index (χ3n) is 2.76. The van der Waals surface area contributed by atoms with Crippen LogP contribution in [0.1, 0.15) is 15.9 Å². The summed E-state index contributed by atoms with van der Waals surface area (Å²) in [5.41, 5.74) is 2.36. The van der Waals surface area contributed by atoms with Gasteiger partial charge in [-0.05, 0) is 31.2 Å². The fourth-order valence-electron chi connectivity index (χ4n) is 1.77. The highest BCUT2D eigenvalue weighted by atomic mass is 16.4. The number of benzene rings is 2. The Balaban J connectivity index is 2.49. The minimum Gasteiger partial charge on any atom is -0.478 e. The number of aromatic carboxylic acids is 1. The standard InChI is InChI=1S/C15H12N2O3/c1-10-5-7-11(8-6-10)17-14-12(15(19)20)3-2-4-13(14)16-9-18/h2-8,17H,1H3,(H,19,20). The lowest BCUT2D eigenvalue weighted by molar-refractivity contribution is 0.0698. The maximum atomic E-state index is 11.2. The highest BCUT2D eigenvalue weighted by Gasteiger charge is 2.14. The molecule has 2 rings (SSSR count). The van der Waals surface area contributed by atoms with Gasteiger partial charge in [-0.25, -0.2) is 9.59 Å². The second-order valence-electron chi connectivity index (χ2n) is 4.20. The number of carboxylic acid groups (broad SMARTS) is 1. The van der Waals surface area contributed by atoms with E-state index in [0.717, 1.165) is 5.56 Å². The monoisotopic (exact) mass is 268 g/mol. The van der Waals surface area contributed by atoms with Gasteiger partial charge in [0.1, 0.15) is 5.69 Å². The Labute approximate surface area is 115 Å². The van der Waals surface area contributed by atoms with E-state index in [4.69, 9.17) is 0 Å². The molecule has 0 fully saturated rings. The van der Waals surface area contributed by atoms with Crippen LogP contribution in [0.25, 0.3) is 0 Å². The van der Waals surface area contributed by atoms with E-state index in [0.29, 0.717) is 5.69 Å². The van der Waals surface area contributed by atoms with Crippen LogP contribution in [0.3, 0.4) is 0 Å². The lowest BCUT2D eigenvalue weighted by atomic mass is 10.1. The molecule has 0 amide bonds. The van der Waals surface area contributed by atoms with Crippen molar-refractivity contribution >= 4 is 29.1 Å². The van der Waals surface area contributed by atoms with Gasteiger partial charge >= 0.3 is 5.97 Å². The molecule has 0 bridgehead atoms. The summed E-state index contributed by atoms with van der Waals surface area (Å²) in [4.78, 5) is 25.2. The van der Waals surface area contributed by atoms with Crippen molar-refractivity contribution in [3.05, 3.63) is 53.6 Å². The van der Waals surface area contributed by atoms with Crippen molar-refractivity contribution in [1.82, 2.24) is 0 Å². The smallest absolute Gasteiger partial charge is 0.337 e. The van der Waals surface area contributed by atoms with Crippen LogP contribution in [0.15, 0.2) is 47.5 Å². The van der Waals surface area contributed by atoms with E-state index in [-0.39, 0.29) is 16.9 Å². The molecular formula is C15H12N2O3. The number of aryl methyl sites for hydroxylation is 1. The van der Waals surface area contributed by atoms with Crippen LogP contribution in [-0.2, 0) is 4.79 Å². The van der Waals surface area contributed by atoms with Crippen LogP contribution < -0.4 is 5.32 Å². The quantitative estimate of drug-likeness (QED) is 0.658. The number of nitrogens with one attached hydrogen (secondary N) is 1. The Hall–Kier alpha value is -2.91. The maximum absolute atomic E-state index is 11.2. The average molecular weight is 268 g/mol. The molecule has 2 N–H and O–H groups in total. The lowest BCUT2D eigenvalue weighted by Crippen LogP contribution is -2.02. The molecule has 0 aliphatic carbocycles. The number of isocyanates is 1. The molecule has 100 valence electrons. The van der Waals surface area contributed by atoms with E-state index in [1.807, 2.05) is 31.2 Å². The first kappa shape index (κ1) is 13.5. The molecule has 0 saturated heterocycles. The molecule has 2 aromatic rings. The van der Waals surface area contributed by atoms with Crippen molar-refractivity contribution in [2.24, 2.45) is 4.99 Å². The van der Waals surface area contributed by atoms with Gasteiger partial charge in [0.05, 0.1) is 11.3 Å². The highest BCUT2D eigenvalue weighted by molar-refractivity contribution is 5.98. The molecule has 0 saturated carbocycles. The summed E-state index contributed by atoms with van der Waals surface area (Å²) in [6.07, 6.45) is 1.43. The van der Waals surface area contributed by atoms with Crippen LogP contribution in [0.5, 0.6) is 0 Å². The van der Waals surface area contributed by atoms with Crippen molar-refractivity contribution in [2.75, 3.05) is 5.32 Å². The van der Waals surface area contributed by atoms with Crippen LogP contribution >= 0.6 is 0 Å². The molecule has 0 heterocycles. The van der Waals surface area contributed by atoms with Crippen LogP contribution in [0.4, 0.5) is 17.1 Å². The molecule has 0 radical (unpaired) electrons. The molecule has 0 aliphatic heterocycles.